The van der Waals surface area contributed by atoms with Gasteiger partial charge in [0.25, 0.3) is 6.43 Å². The van der Waals surface area contributed by atoms with Crippen LogP contribution >= 0.6 is 0 Å². The fourth-order valence-electron chi connectivity index (χ4n) is 4.09. The fourth-order valence-corrected chi connectivity index (χ4v) is 4.09. The van der Waals surface area contributed by atoms with Crippen LogP contribution in [-0.4, -0.2) is 49.9 Å². The molecular formula is C21H21F2N7O. The van der Waals surface area contributed by atoms with Crippen LogP contribution in [0.3, 0.4) is 0 Å². The summed E-state index contributed by atoms with van der Waals surface area (Å²) in [5.41, 5.74) is 7.65. The number of hydrogen-bond donors (Lipinski definition) is 1. The largest absolute Gasteiger partial charge is 0.384 e. The van der Waals surface area contributed by atoms with Gasteiger partial charge in [0.2, 0.25) is 0 Å². The van der Waals surface area contributed by atoms with Crippen LogP contribution in [0.1, 0.15) is 26.0 Å². The highest BCUT2D eigenvalue weighted by atomic mass is 19.3. The summed E-state index contributed by atoms with van der Waals surface area (Å²) in [7, 11) is 0. The second-order valence-electron chi connectivity index (χ2n) is 7.80. The molecule has 0 aliphatic carbocycles. The first-order chi connectivity index (χ1) is 14.9. The Morgan fingerprint density at radius 3 is 2.61 bits per heavy atom. The van der Waals surface area contributed by atoms with E-state index in [0.717, 1.165) is 18.8 Å². The number of nitrogen functional groups attached to an aromatic ring is 1. The first kappa shape index (κ1) is 19.6. The molecule has 0 aromatic carbocycles. The summed E-state index contributed by atoms with van der Waals surface area (Å²) in [4.78, 5) is 14.7. The maximum atomic E-state index is 13.4. The van der Waals surface area contributed by atoms with E-state index in [1.807, 2.05) is 18.3 Å². The van der Waals surface area contributed by atoms with Crippen molar-refractivity contribution in [2.24, 2.45) is 0 Å². The predicted octanol–water partition coefficient (Wildman–Crippen LogP) is 3.47. The number of ether oxygens (including phenoxy) is 1. The average Bonchev–Trinajstić information content (AvgIpc) is 3.15. The average molecular weight is 425 g/mol. The van der Waals surface area contributed by atoms with Crippen LogP contribution in [-0.2, 0) is 4.74 Å². The number of nitrogens with zero attached hydrogens (tertiary/aromatic N) is 6. The summed E-state index contributed by atoms with van der Waals surface area (Å²) in [6.07, 6.45) is 2.14. The highest BCUT2D eigenvalue weighted by Gasteiger charge is 2.23. The number of aromatic nitrogens is 5. The Bertz CT molecular complexity index is 1270. The first-order valence-electron chi connectivity index (χ1n) is 9.98. The topological polar surface area (TPSA) is 94.5 Å². The fraction of sp³-hybridized carbons (Fsp3) is 0.333. The summed E-state index contributed by atoms with van der Waals surface area (Å²) >= 11 is 0. The van der Waals surface area contributed by atoms with Gasteiger partial charge in [-0.3, -0.25) is 4.98 Å². The number of anilines is 2. The molecule has 2 atom stereocenters. The van der Waals surface area contributed by atoms with Crippen LogP contribution < -0.4 is 10.6 Å². The lowest BCUT2D eigenvalue weighted by molar-refractivity contribution is -0.00524. The van der Waals surface area contributed by atoms with E-state index >= 15 is 0 Å². The van der Waals surface area contributed by atoms with Gasteiger partial charge in [0.15, 0.2) is 11.5 Å². The Kier molecular flexibility index (Phi) is 4.66. The molecule has 0 radical (unpaired) electrons. The molecule has 5 heterocycles. The monoisotopic (exact) mass is 425 g/mol. The lowest BCUT2D eigenvalue weighted by Crippen LogP contribution is -2.45. The van der Waals surface area contributed by atoms with Gasteiger partial charge in [-0.1, -0.05) is 0 Å². The van der Waals surface area contributed by atoms with Gasteiger partial charge < -0.3 is 15.4 Å². The zero-order chi connectivity index (χ0) is 21.7. The molecule has 160 valence electrons. The number of alkyl halides is 2. The third kappa shape index (κ3) is 3.52. The normalized spacial score (nSPS) is 19.6. The van der Waals surface area contributed by atoms with Gasteiger partial charge in [-0.2, -0.15) is 0 Å². The maximum absolute atomic E-state index is 13.4. The van der Waals surface area contributed by atoms with E-state index in [2.05, 4.69) is 38.8 Å². The number of pyridine rings is 3. The Morgan fingerprint density at radius 1 is 1.10 bits per heavy atom. The minimum absolute atomic E-state index is 0.135. The van der Waals surface area contributed by atoms with Crippen molar-refractivity contribution >= 4 is 27.9 Å². The second-order valence-corrected chi connectivity index (χ2v) is 7.80. The van der Waals surface area contributed by atoms with Crippen molar-refractivity contribution in [3.05, 3.63) is 42.5 Å². The lowest BCUT2D eigenvalue weighted by atomic mass is 10.1. The van der Waals surface area contributed by atoms with Crippen LogP contribution in [0.2, 0.25) is 0 Å². The standard InChI is InChI=1S/C21H21F2N7O/c1-11-8-29(9-12(2)31-11)13-3-4-18-27-21(28-30(18)10-13)16-7-26-19(20(22)23)15-6-25-17(24)5-14(15)16/h3-7,10-12,20H,8-9H2,1-2H3,(H2,24,25)/t11-,12+. The third-order valence-corrected chi connectivity index (χ3v) is 5.37. The number of hydrogen-bond acceptors (Lipinski definition) is 7. The Hall–Kier alpha value is -3.40. The highest BCUT2D eigenvalue weighted by molar-refractivity contribution is 5.97. The molecule has 2 N–H and O–H groups in total. The highest BCUT2D eigenvalue weighted by Crippen LogP contribution is 2.33. The SMILES string of the molecule is C[C@@H]1CN(c2ccc3nc(-c4cnc(C(F)F)c5cnc(N)cc45)nn3c2)C[C@H](C)O1. The molecule has 0 spiro atoms. The molecule has 8 nitrogen and oxygen atoms in total. The summed E-state index contributed by atoms with van der Waals surface area (Å²) in [5.74, 6) is 0.603. The van der Waals surface area contributed by atoms with Gasteiger partial charge in [-0.25, -0.2) is 23.3 Å². The second kappa shape index (κ2) is 7.38. The Morgan fingerprint density at radius 2 is 1.87 bits per heavy atom. The molecule has 31 heavy (non-hydrogen) atoms. The zero-order valence-electron chi connectivity index (χ0n) is 17.0. The minimum atomic E-state index is -2.73. The summed E-state index contributed by atoms with van der Waals surface area (Å²) in [6.45, 7) is 5.67. The number of rotatable bonds is 3. The summed E-state index contributed by atoms with van der Waals surface area (Å²) in [5, 5.41) is 5.31. The van der Waals surface area contributed by atoms with Crippen LogP contribution in [0.5, 0.6) is 0 Å². The van der Waals surface area contributed by atoms with Gasteiger partial charge in [0, 0.05) is 41.8 Å². The van der Waals surface area contributed by atoms with E-state index in [4.69, 9.17) is 10.5 Å². The number of fused-ring (bicyclic) bond motifs is 2. The molecule has 1 aliphatic heterocycles. The van der Waals surface area contributed by atoms with Crippen molar-refractivity contribution in [1.82, 2.24) is 24.6 Å². The van der Waals surface area contributed by atoms with Crippen molar-refractivity contribution in [1.29, 1.82) is 0 Å². The van der Waals surface area contributed by atoms with E-state index in [1.54, 1.807) is 10.6 Å². The van der Waals surface area contributed by atoms with E-state index in [0.29, 0.717) is 22.4 Å². The molecule has 0 unspecified atom stereocenters. The molecule has 1 fully saturated rings. The molecule has 1 aliphatic rings. The molecule has 4 aromatic heterocycles. The van der Waals surface area contributed by atoms with E-state index < -0.39 is 6.43 Å². The van der Waals surface area contributed by atoms with Crippen LogP contribution in [0, 0.1) is 0 Å². The molecule has 0 amide bonds. The van der Waals surface area contributed by atoms with Gasteiger partial charge >= 0.3 is 0 Å². The van der Waals surface area contributed by atoms with Gasteiger partial charge in [0.1, 0.15) is 11.5 Å². The smallest absolute Gasteiger partial charge is 0.281 e. The van der Waals surface area contributed by atoms with E-state index in [9.17, 15) is 8.78 Å². The molecule has 1 saturated heterocycles. The van der Waals surface area contributed by atoms with Crippen molar-refractivity contribution < 1.29 is 13.5 Å². The van der Waals surface area contributed by atoms with Gasteiger partial charge in [-0.15, -0.1) is 5.10 Å². The van der Waals surface area contributed by atoms with Gasteiger partial charge in [0.05, 0.1) is 24.1 Å². The van der Waals surface area contributed by atoms with Crippen LogP contribution in [0.15, 0.2) is 36.8 Å². The molecule has 4 aromatic rings. The third-order valence-electron chi connectivity index (χ3n) is 5.37. The first-order valence-corrected chi connectivity index (χ1v) is 9.98. The van der Waals surface area contributed by atoms with Crippen molar-refractivity contribution in [2.45, 2.75) is 32.5 Å². The predicted molar refractivity (Wildman–Crippen MR) is 113 cm³/mol. The van der Waals surface area contributed by atoms with Gasteiger partial charge in [-0.05, 0) is 32.0 Å². The van der Waals surface area contributed by atoms with E-state index in [-0.39, 0.29) is 29.1 Å². The number of nitrogens with two attached hydrogens (primary N) is 1. The maximum Gasteiger partial charge on any atom is 0.281 e. The Labute approximate surface area is 176 Å². The molecule has 0 saturated carbocycles. The number of morpholine rings is 1. The molecule has 10 heteroatoms. The summed E-state index contributed by atoms with van der Waals surface area (Å²) < 4.78 is 34.3. The Balaban J connectivity index is 1.59. The molecule has 0 bridgehead atoms. The number of halogens is 2. The zero-order valence-corrected chi connectivity index (χ0v) is 17.0. The van der Waals surface area contributed by atoms with Crippen LogP contribution in [0.4, 0.5) is 20.3 Å². The van der Waals surface area contributed by atoms with E-state index in [1.165, 1.54) is 12.4 Å². The quantitative estimate of drug-likeness (QED) is 0.537. The van der Waals surface area contributed by atoms with Crippen molar-refractivity contribution in [3.63, 3.8) is 0 Å². The molecule has 5 rings (SSSR count). The lowest BCUT2D eigenvalue weighted by Gasteiger charge is -2.36. The molecular weight excluding hydrogens is 404 g/mol. The van der Waals surface area contributed by atoms with Crippen LogP contribution in [0.25, 0.3) is 27.8 Å². The van der Waals surface area contributed by atoms with Crippen molar-refractivity contribution in [2.75, 3.05) is 23.7 Å². The minimum Gasteiger partial charge on any atom is -0.384 e. The van der Waals surface area contributed by atoms with Crippen molar-refractivity contribution in [3.8, 4) is 11.4 Å². The summed E-state index contributed by atoms with van der Waals surface area (Å²) in [6, 6.07) is 5.43.